The molecule has 0 aliphatic heterocycles. The van der Waals surface area contributed by atoms with E-state index in [1.807, 2.05) is 31.2 Å². The summed E-state index contributed by atoms with van der Waals surface area (Å²) in [6.45, 7) is 7.73. The zero-order chi connectivity index (χ0) is 14.1. The molecule has 0 aromatic heterocycles. The quantitative estimate of drug-likeness (QED) is 0.533. The smallest absolute Gasteiger partial charge is 0.123 e. The first-order chi connectivity index (χ1) is 9.19. The maximum atomic E-state index is 5.81. The Kier molecular flexibility index (Phi) is 7.30. The van der Waals surface area contributed by atoms with E-state index in [0.717, 1.165) is 30.9 Å². The summed E-state index contributed by atoms with van der Waals surface area (Å²) in [6.07, 6.45) is 2.32. The lowest BCUT2D eigenvalue weighted by Gasteiger charge is -2.16. The van der Waals surface area contributed by atoms with Crippen molar-refractivity contribution < 1.29 is 9.47 Å². The van der Waals surface area contributed by atoms with Crippen molar-refractivity contribution in [3.05, 3.63) is 24.3 Å². The second-order valence-corrected chi connectivity index (χ2v) is 4.81. The molecule has 1 aromatic rings. The molecule has 1 atom stereocenters. The molecule has 0 aliphatic carbocycles. The Morgan fingerprint density at radius 1 is 1.21 bits per heavy atom. The van der Waals surface area contributed by atoms with Gasteiger partial charge in [0.2, 0.25) is 0 Å². The molecule has 0 fully saturated rings. The predicted molar refractivity (Wildman–Crippen MR) is 78.3 cm³/mol. The van der Waals surface area contributed by atoms with E-state index in [1.165, 1.54) is 0 Å². The SMILES string of the molecule is CCC(CC)COc1cccc(O[C@H](C)CNN)c1. The van der Waals surface area contributed by atoms with E-state index in [9.17, 15) is 0 Å². The number of nitrogens with two attached hydrogens (primary N) is 1. The minimum atomic E-state index is 0.0271. The van der Waals surface area contributed by atoms with Crippen LogP contribution < -0.4 is 20.7 Å². The second-order valence-electron chi connectivity index (χ2n) is 4.81. The topological polar surface area (TPSA) is 56.5 Å². The molecule has 0 saturated carbocycles. The standard InChI is InChI=1S/C15H26N2O2/c1-4-13(5-2)11-18-14-7-6-8-15(9-14)19-12(3)10-17-16/h6-9,12-13,17H,4-5,10-11,16H2,1-3H3/t12-/m1/s1. The third-order valence-corrected chi connectivity index (χ3v) is 3.19. The first-order valence-electron chi connectivity index (χ1n) is 7.02. The van der Waals surface area contributed by atoms with Crippen molar-refractivity contribution in [3.8, 4) is 11.5 Å². The van der Waals surface area contributed by atoms with Crippen molar-refractivity contribution in [2.24, 2.45) is 11.8 Å². The van der Waals surface area contributed by atoms with Gasteiger partial charge in [0, 0.05) is 12.6 Å². The molecule has 1 aromatic carbocycles. The Bertz CT molecular complexity index is 354. The van der Waals surface area contributed by atoms with Crippen LogP contribution >= 0.6 is 0 Å². The molecule has 0 spiro atoms. The van der Waals surface area contributed by atoms with Crippen LogP contribution in [0.1, 0.15) is 33.6 Å². The Balaban J connectivity index is 2.51. The fourth-order valence-corrected chi connectivity index (χ4v) is 1.82. The highest BCUT2D eigenvalue weighted by molar-refractivity contribution is 5.33. The molecule has 108 valence electrons. The van der Waals surface area contributed by atoms with E-state index in [2.05, 4.69) is 19.3 Å². The molecule has 1 rings (SSSR count). The zero-order valence-corrected chi connectivity index (χ0v) is 12.2. The third kappa shape index (κ3) is 5.94. The number of hydrogen-bond acceptors (Lipinski definition) is 4. The second kappa shape index (κ2) is 8.77. The average Bonchev–Trinajstić information content (AvgIpc) is 2.40. The van der Waals surface area contributed by atoms with Crippen LogP contribution in [0.4, 0.5) is 0 Å². The van der Waals surface area contributed by atoms with Crippen LogP contribution in [-0.4, -0.2) is 19.3 Å². The van der Waals surface area contributed by atoms with Crippen LogP contribution in [0.15, 0.2) is 24.3 Å². The molecule has 0 radical (unpaired) electrons. The number of benzene rings is 1. The maximum absolute atomic E-state index is 5.81. The molecule has 0 heterocycles. The lowest BCUT2D eigenvalue weighted by Crippen LogP contribution is -2.33. The Hall–Kier alpha value is -1.26. The minimum Gasteiger partial charge on any atom is -0.493 e. The van der Waals surface area contributed by atoms with Crippen molar-refractivity contribution in [2.45, 2.75) is 39.7 Å². The largest absolute Gasteiger partial charge is 0.493 e. The van der Waals surface area contributed by atoms with Gasteiger partial charge in [-0.1, -0.05) is 32.8 Å². The van der Waals surface area contributed by atoms with E-state index in [1.54, 1.807) is 0 Å². The molecule has 0 aliphatic rings. The van der Waals surface area contributed by atoms with E-state index in [-0.39, 0.29) is 6.10 Å². The van der Waals surface area contributed by atoms with Gasteiger partial charge >= 0.3 is 0 Å². The van der Waals surface area contributed by atoms with Gasteiger partial charge in [-0.25, -0.2) is 0 Å². The molecule has 19 heavy (non-hydrogen) atoms. The summed E-state index contributed by atoms with van der Waals surface area (Å²) in [5.41, 5.74) is 2.60. The van der Waals surface area contributed by atoms with Crippen molar-refractivity contribution in [1.29, 1.82) is 0 Å². The molecule has 0 bridgehead atoms. The molecule has 3 N–H and O–H groups in total. The molecule has 0 amide bonds. The normalized spacial score (nSPS) is 12.5. The highest BCUT2D eigenvalue weighted by atomic mass is 16.5. The van der Waals surface area contributed by atoms with E-state index < -0.39 is 0 Å². The number of ether oxygens (including phenoxy) is 2. The van der Waals surface area contributed by atoms with Crippen molar-refractivity contribution in [1.82, 2.24) is 5.43 Å². The summed E-state index contributed by atoms with van der Waals surface area (Å²) in [6, 6.07) is 7.76. The van der Waals surface area contributed by atoms with Gasteiger partial charge in [-0.15, -0.1) is 0 Å². The van der Waals surface area contributed by atoms with E-state index in [0.29, 0.717) is 12.5 Å². The van der Waals surface area contributed by atoms with Gasteiger partial charge in [0.25, 0.3) is 0 Å². The van der Waals surface area contributed by atoms with E-state index >= 15 is 0 Å². The lowest BCUT2D eigenvalue weighted by molar-refractivity contribution is 0.213. The fraction of sp³-hybridized carbons (Fsp3) is 0.600. The van der Waals surface area contributed by atoms with E-state index in [4.69, 9.17) is 15.3 Å². The number of nitrogens with one attached hydrogen (secondary N) is 1. The van der Waals surface area contributed by atoms with Gasteiger partial charge in [0.05, 0.1) is 6.61 Å². The van der Waals surface area contributed by atoms with Crippen molar-refractivity contribution >= 4 is 0 Å². The Morgan fingerprint density at radius 2 is 1.89 bits per heavy atom. The predicted octanol–water partition coefficient (Wildman–Crippen LogP) is 2.73. The number of rotatable bonds is 9. The molecule has 4 heteroatoms. The molecular weight excluding hydrogens is 240 g/mol. The van der Waals surface area contributed by atoms with Gasteiger partial charge in [0.15, 0.2) is 0 Å². The number of hydrogen-bond donors (Lipinski definition) is 2. The summed E-state index contributed by atoms with van der Waals surface area (Å²) in [5, 5.41) is 0. The summed E-state index contributed by atoms with van der Waals surface area (Å²) >= 11 is 0. The van der Waals surface area contributed by atoms with Crippen LogP contribution in [0.3, 0.4) is 0 Å². The summed E-state index contributed by atoms with van der Waals surface area (Å²) in [5.74, 6) is 7.55. The Morgan fingerprint density at radius 3 is 2.53 bits per heavy atom. The highest BCUT2D eigenvalue weighted by Crippen LogP contribution is 2.21. The zero-order valence-electron chi connectivity index (χ0n) is 12.2. The average molecular weight is 266 g/mol. The first kappa shape index (κ1) is 15.8. The Labute approximate surface area is 116 Å². The summed E-state index contributed by atoms with van der Waals surface area (Å²) < 4.78 is 11.5. The van der Waals surface area contributed by atoms with Crippen molar-refractivity contribution in [2.75, 3.05) is 13.2 Å². The summed E-state index contributed by atoms with van der Waals surface area (Å²) in [7, 11) is 0. The van der Waals surface area contributed by atoms with Crippen LogP contribution in [-0.2, 0) is 0 Å². The van der Waals surface area contributed by atoms with Crippen LogP contribution in [0.2, 0.25) is 0 Å². The van der Waals surface area contributed by atoms with Crippen LogP contribution in [0.5, 0.6) is 11.5 Å². The van der Waals surface area contributed by atoms with Crippen LogP contribution in [0.25, 0.3) is 0 Å². The number of hydrazine groups is 1. The van der Waals surface area contributed by atoms with Gasteiger partial charge < -0.3 is 9.47 Å². The third-order valence-electron chi connectivity index (χ3n) is 3.19. The lowest BCUT2D eigenvalue weighted by atomic mass is 10.1. The highest BCUT2D eigenvalue weighted by Gasteiger charge is 2.06. The van der Waals surface area contributed by atoms with Crippen molar-refractivity contribution in [3.63, 3.8) is 0 Å². The van der Waals surface area contributed by atoms with Gasteiger partial charge in [0.1, 0.15) is 17.6 Å². The minimum absolute atomic E-state index is 0.0271. The van der Waals surface area contributed by atoms with Gasteiger partial charge in [-0.2, -0.15) is 0 Å². The maximum Gasteiger partial charge on any atom is 0.123 e. The fourth-order valence-electron chi connectivity index (χ4n) is 1.82. The van der Waals surface area contributed by atoms with Gasteiger partial charge in [-0.3, -0.25) is 11.3 Å². The molecule has 0 saturated heterocycles. The molecule has 4 nitrogen and oxygen atoms in total. The molecule has 0 unspecified atom stereocenters. The first-order valence-corrected chi connectivity index (χ1v) is 7.02. The molecular formula is C15H26N2O2. The summed E-state index contributed by atoms with van der Waals surface area (Å²) in [4.78, 5) is 0. The van der Waals surface area contributed by atoms with Crippen LogP contribution in [0, 0.1) is 5.92 Å². The van der Waals surface area contributed by atoms with Gasteiger partial charge in [-0.05, 0) is 25.0 Å². The monoisotopic (exact) mass is 266 g/mol.